The molecule has 1 aliphatic heterocycles. The second kappa shape index (κ2) is 3.56. The highest BCUT2D eigenvalue weighted by molar-refractivity contribution is 7.80. The van der Waals surface area contributed by atoms with Crippen molar-refractivity contribution in [3.63, 3.8) is 0 Å². The molecule has 0 unspecified atom stereocenters. The summed E-state index contributed by atoms with van der Waals surface area (Å²) in [4.78, 5) is 22.8. The Kier molecular flexibility index (Phi) is 2.66. The summed E-state index contributed by atoms with van der Waals surface area (Å²) in [6, 6.07) is 0. The minimum Gasteiger partial charge on any atom is -0.465 e. The molecule has 0 bridgehead atoms. The first kappa shape index (κ1) is 9.72. The van der Waals surface area contributed by atoms with E-state index in [4.69, 9.17) is 22.4 Å². The van der Waals surface area contributed by atoms with Gasteiger partial charge in [0, 0.05) is 13.1 Å². The minimum atomic E-state index is -1.21. The van der Waals surface area contributed by atoms with Gasteiger partial charge in [0.1, 0.15) is 0 Å². The Balaban J connectivity index is 2.77. The number of carbonyl (C=O) groups is 2. The molecule has 13 heavy (non-hydrogen) atoms. The normalized spacial score (nSPS) is 17.4. The van der Waals surface area contributed by atoms with Gasteiger partial charge in [0.15, 0.2) is 5.11 Å². The van der Waals surface area contributed by atoms with Gasteiger partial charge in [-0.15, -0.1) is 0 Å². The third-order valence-electron chi connectivity index (χ3n) is 1.69. The molecule has 0 aromatic rings. The number of thiocarbonyl (C=S) groups is 1. The summed E-state index contributed by atoms with van der Waals surface area (Å²) in [6.07, 6.45) is -1.95. The van der Waals surface area contributed by atoms with Crippen molar-refractivity contribution in [1.29, 1.82) is 0 Å². The van der Waals surface area contributed by atoms with Crippen LogP contribution >= 0.6 is 12.2 Å². The Labute approximate surface area is 79.3 Å². The fourth-order valence-corrected chi connectivity index (χ4v) is 1.42. The molecule has 72 valence electrons. The Morgan fingerprint density at radius 1 is 1.15 bits per heavy atom. The van der Waals surface area contributed by atoms with Gasteiger partial charge in [0.2, 0.25) is 0 Å². The molecular weight excluding hydrogens is 196 g/mol. The van der Waals surface area contributed by atoms with Crippen molar-refractivity contribution < 1.29 is 19.8 Å². The van der Waals surface area contributed by atoms with Gasteiger partial charge in [-0.05, 0) is 18.6 Å². The largest absolute Gasteiger partial charge is 0.465 e. The van der Waals surface area contributed by atoms with E-state index in [9.17, 15) is 9.59 Å². The van der Waals surface area contributed by atoms with Crippen molar-refractivity contribution in [3.8, 4) is 0 Å². The summed E-state index contributed by atoms with van der Waals surface area (Å²) < 4.78 is 0. The fraction of sp³-hybridized carbons (Fsp3) is 0.500. The average Bonchev–Trinajstić information content (AvgIpc) is 2.03. The Hall–Kier alpha value is -1.37. The van der Waals surface area contributed by atoms with Crippen LogP contribution in [0, 0.1) is 0 Å². The molecule has 1 heterocycles. The maximum Gasteiger partial charge on any atom is 0.413 e. The van der Waals surface area contributed by atoms with Crippen molar-refractivity contribution in [2.24, 2.45) is 0 Å². The zero-order valence-electron chi connectivity index (χ0n) is 6.63. The predicted octanol–water partition coefficient (Wildman–Crippen LogP) is 0.635. The van der Waals surface area contributed by atoms with Crippen LogP contribution in [0.2, 0.25) is 0 Å². The Bertz CT molecular complexity index is 243. The molecule has 0 aliphatic carbocycles. The molecular formula is C6H8N2O4S. The van der Waals surface area contributed by atoms with Crippen molar-refractivity contribution in [3.05, 3.63) is 0 Å². The van der Waals surface area contributed by atoms with Crippen LogP contribution in [0.15, 0.2) is 0 Å². The monoisotopic (exact) mass is 204 g/mol. The SMILES string of the molecule is O=C(O)N1CCCN(C(=O)O)C1=S. The van der Waals surface area contributed by atoms with Gasteiger partial charge in [0.25, 0.3) is 0 Å². The van der Waals surface area contributed by atoms with E-state index in [-0.39, 0.29) is 18.2 Å². The topological polar surface area (TPSA) is 81.1 Å². The quantitative estimate of drug-likeness (QED) is 0.566. The molecule has 7 heteroatoms. The van der Waals surface area contributed by atoms with Gasteiger partial charge in [0.05, 0.1) is 0 Å². The van der Waals surface area contributed by atoms with Gasteiger partial charge in [-0.25, -0.2) is 9.59 Å². The standard InChI is InChI=1S/C6H8N2O4S/c9-5(10)7-2-1-3-8(4(7)13)6(11)12/h1-3H2,(H,9,10)(H,11,12). The van der Waals surface area contributed by atoms with Crippen LogP contribution in [0.25, 0.3) is 0 Å². The van der Waals surface area contributed by atoms with Crippen LogP contribution in [0.5, 0.6) is 0 Å². The summed E-state index contributed by atoms with van der Waals surface area (Å²) >= 11 is 4.69. The first-order valence-corrected chi connectivity index (χ1v) is 3.99. The van der Waals surface area contributed by atoms with Crippen LogP contribution in [-0.2, 0) is 0 Å². The van der Waals surface area contributed by atoms with E-state index in [0.29, 0.717) is 6.42 Å². The van der Waals surface area contributed by atoms with Gasteiger partial charge < -0.3 is 10.2 Å². The molecule has 1 aliphatic rings. The smallest absolute Gasteiger partial charge is 0.413 e. The Morgan fingerprint density at radius 2 is 1.54 bits per heavy atom. The molecule has 0 aromatic carbocycles. The van der Waals surface area contributed by atoms with Crippen molar-refractivity contribution >= 4 is 29.5 Å². The van der Waals surface area contributed by atoms with Crippen molar-refractivity contribution in [1.82, 2.24) is 9.80 Å². The predicted molar refractivity (Wildman–Crippen MR) is 46.7 cm³/mol. The number of carboxylic acid groups (broad SMARTS) is 2. The lowest BCUT2D eigenvalue weighted by Gasteiger charge is -2.32. The summed E-state index contributed by atoms with van der Waals surface area (Å²) in [6.45, 7) is 0.524. The molecule has 0 spiro atoms. The van der Waals surface area contributed by atoms with E-state index >= 15 is 0 Å². The lowest BCUT2D eigenvalue weighted by atomic mass is 10.3. The van der Waals surface area contributed by atoms with Crippen LogP contribution < -0.4 is 0 Å². The van der Waals surface area contributed by atoms with Crippen LogP contribution in [0.1, 0.15) is 6.42 Å². The Morgan fingerprint density at radius 3 is 1.85 bits per heavy atom. The second-order valence-corrected chi connectivity index (χ2v) is 2.87. The maximum atomic E-state index is 10.6. The van der Waals surface area contributed by atoms with Gasteiger partial charge in [-0.1, -0.05) is 0 Å². The fourth-order valence-electron chi connectivity index (χ4n) is 1.08. The van der Waals surface area contributed by atoms with Crippen molar-refractivity contribution in [2.45, 2.75) is 6.42 Å². The summed E-state index contributed by atoms with van der Waals surface area (Å²) in [5, 5.41) is 17.1. The van der Waals surface area contributed by atoms with E-state index in [1.165, 1.54) is 0 Å². The maximum absolute atomic E-state index is 10.6. The van der Waals surface area contributed by atoms with E-state index in [0.717, 1.165) is 9.80 Å². The van der Waals surface area contributed by atoms with Gasteiger partial charge >= 0.3 is 12.2 Å². The second-order valence-electron chi connectivity index (χ2n) is 2.50. The number of rotatable bonds is 0. The van der Waals surface area contributed by atoms with E-state index in [1.54, 1.807) is 0 Å². The minimum absolute atomic E-state index is 0.161. The average molecular weight is 204 g/mol. The highest BCUT2D eigenvalue weighted by Crippen LogP contribution is 2.09. The van der Waals surface area contributed by atoms with Crippen LogP contribution in [0.4, 0.5) is 9.59 Å². The van der Waals surface area contributed by atoms with E-state index in [1.807, 2.05) is 0 Å². The molecule has 2 amide bonds. The number of nitrogens with zero attached hydrogens (tertiary/aromatic N) is 2. The first-order chi connectivity index (χ1) is 6.04. The number of hydrogen-bond acceptors (Lipinski definition) is 3. The molecule has 0 saturated carbocycles. The van der Waals surface area contributed by atoms with Crippen molar-refractivity contribution in [2.75, 3.05) is 13.1 Å². The molecule has 1 fully saturated rings. The van der Waals surface area contributed by atoms with E-state index in [2.05, 4.69) is 0 Å². The van der Waals surface area contributed by atoms with Gasteiger partial charge in [-0.3, -0.25) is 9.80 Å². The van der Waals surface area contributed by atoms with E-state index < -0.39 is 12.2 Å². The molecule has 0 atom stereocenters. The summed E-state index contributed by atoms with van der Waals surface area (Å²) in [7, 11) is 0. The number of amides is 2. The lowest BCUT2D eigenvalue weighted by Crippen LogP contribution is -2.52. The highest BCUT2D eigenvalue weighted by atomic mass is 32.1. The third-order valence-corrected chi connectivity index (χ3v) is 2.13. The van der Waals surface area contributed by atoms with Crippen LogP contribution in [-0.4, -0.2) is 50.4 Å². The molecule has 1 rings (SSSR count). The number of hydrogen-bond donors (Lipinski definition) is 2. The first-order valence-electron chi connectivity index (χ1n) is 3.59. The molecule has 1 saturated heterocycles. The van der Waals surface area contributed by atoms with Gasteiger partial charge in [-0.2, -0.15) is 0 Å². The summed E-state index contributed by atoms with van der Waals surface area (Å²) in [5.74, 6) is 0. The molecule has 2 N–H and O–H groups in total. The molecule has 6 nitrogen and oxygen atoms in total. The molecule has 0 aromatic heterocycles. The van der Waals surface area contributed by atoms with Crippen LogP contribution in [0.3, 0.4) is 0 Å². The zero-order valence-corrected chi connectivity index (χ0v) is 7.45. The lowest BCUT2D eigenvalue weighted by molar-refractivity contribution is 0.142. The zero-order chi connectivity index (χ0) is 10.0. The third kappa shape index (κ3) is 1.86. The highest BCUT2D eigenvalue weighted by Gasteiger charge is 2.30. The summed E-state index contributed by atoms with van der Waals surface area (Å²) in [5.41, 5.74) is 0. The molecule has 0 radical (unpaired) electrons.